The van der Waals surface area contributed by atoms with Gasteiger partial charge in [-0.3, -0.25) is 25.0 Å². The summed E-state index contributed by atoms with van der Waals surface area (Å²) in [6.07, 6.45) is 3.06. The summed E-state index contributed by atoms with van der Waals surface area (Å²) in [6.45, 7) is 1.50. The van der Waals surface area contributed by atoms with E-state index in [1.54, 1.807) is 6.07 Å². The number of piperidine rings is 1. The largest absolute Gasteiger partial charge is 0.366 e. The van der Waals surface area contributed by atoms with E-state index in [-0.39, 0.29) is 22.6 Å². The van der Waals surface area contributed by atoms with E-state index in [1.807, 2.05) is 4.90 Å². The van der Waals surface area contributed by atoms with Crippen molar-refractivity contribution in [3.8, 4) is 0 Å². The number of carbonyl (C=O) groups is 1. The van der Waals surface area contributed by atoms with E-state index in [4.69, 9.17) is 0 Å². The molecule has 2 aromatic carbocycles. The van der Waals surface area contributed by atoms with Crippen molar-refractivity contribution in [2.75, 3.05) is 23.3 Å². The monoisotopic (exact) mass is 370 g/mol. The molecule has 0 spiro atoms. The molecule has 2 aromatic rings. The van der Waals surface area contributed by atoms with Gasteiger partial charge in [0.1, 0.15) is 5.69 Å². The zero-order valence-electron chi connectivity index (χ0n) is 14.5. The second-order valence-electron chi connectivity index (χ2n) is 6.27. The second kappa shape index (κ2) is 7.81. The number of rotatable bonds is 5. The lowest BCUT2D eigenvalue weighted by molar-refractivity contribution is -0.384. The summed E-state index contributed by atoms with van der Waals surface area (Å²) >= 11 is 0. The normalized spacial score (nSPS) is 13.9. The number of non-ortho nitro benzene ring substituents is 1. The highest BCUT2D eigenvalue weighted by atomic mass is 16.6. The third kappa shape index (κ3) is 4.20. The van der Waals surface area contributed by atoms with Crippen molar-refractivity contribution < 1.29 is 14.6 Å². The minimum Gasteiger partial charge on any atom is -0.366 e. The number of nitrogens with one attached hydrogen (secondary N) is 1. The Labute approximate surface area is 154 Å². The van der Waals surface area contributed by atoms with Crippen LogP contribution in [0.5, 0.6) is 0 Å². The van der Waals surface area contributed by atoms with Gasteiger partial charge in [0.15, 0.2) is 0 Å². The van der Waals surface area contributed by atoms with Crippen LogP contribution in [0.4, 0.5) is 22.7 Å². The second-order valence-corrected chi connectivity index (χ2v) is 6.27. The number of benzene rings is 2. The number of nitro groups is 2. The molecule has 140 valence electrons. The minimum absolute atomic E-state index is 0.119. The molecule has 9 heteroatoms. The number of amides is 1. The van der Waals surface area contributed by atoms with Gasteiger partial charge in [0.05, 0.1) is 9.85 Å². The van der Waals surface area contributed by atoms with Crippen LogP contribution in [-0.2, 0) is 0 Å². The molecule has 0 bridgehead atoms. The van der Waals surface area contributed by atoms with Gasteiger partial charge in [-0.2, -0.15) is 0 Å². The predicted molar refractivity (Wildman–Crippen MR) is 100 cm³/mol. The Morgan fingerprint density at radius 3 is 2.37 bits per heavy atom. The Hall–Kier alpha value is -3.49. The highest BCUT2D eigenvalue weighted by Crippen LogP contribution is 2.31. The molecule has 1 aliphatic rings. The molecule has 0 saturated carbocycles. The molecule has 0 radical (unpaired) electrons. The Morgan fingerprint density at radius 1 is 0.963 bits per heavy atom. The molecule has 1 aliphatic heterocycles. The molecule has 0 aliphatic carbocycles. The number of anilines is 2. The maximum Gasteiger partial charge on any atom is 0.293 e. The molecule has 3 rings (SSSR count). The van der Waals surface area contributed by atoms with Crippen LogP contribution >= 0.6 is 0 Å². The number of hydrogen-bond acceptors (Lipinski definition) is 6. The molecule has 27 heavy (non-hydrogen) atoms. The van der Waals surface area contributed by atoms with Crippen molar-refractivity contribution in [2.45, 2.75) is 19.3 Å². The number of nitrogens with zero attached hydrogens (tertiary/aromatic N) is 3. The molecule has 0 atom stereocenters. The SMILES string of the molecule is O=C(Nc1cccc([N+](=O)[O-])c1)c1ccc(N2CCCCC2)c([N+](=O)[O-])c1. The molecule has 1 heterocycles. The van der Waals surface area contributed by atoms with Gasteiger partial charge in [-0.15, -0.1) is 0 Å². The van der Waals surface area contributed by atoms with E-state index < -0.39 is 15.8 Å². The van der Waals surface area contributed by atoms with Gasteiger partial charge >= 0.3 is 0 Å². The Bertz CT molecular complexity index is 893. The van der Waals surface area contributed by atoms with Crippen LogP contribution in [-0.4, -0.2) is 28.8 Å². The molecule has 1 amide bonds. The summed E-state index contributed by atoms with van der Waals surface area (Å²) in [5.74, 6) is -0.566. The number of hydrogen-bond donors (Lipinski definition) is 1. The first-order chi connectivity index (χ1) is 13.0. The molecule has 1 fully saturated rings. The summed E-state index contributed by atoms with van der Waals surface area (Å²) in [6, 6.07) is 9.88. The summed E-state index contributed by atoms with van der Waals surface area (Å²) in [5.41, 5.74) is 0.598. The van der Waals surface area contributed by atoms with Gasteiger partial charge in [0, 0.05) is 42.5 Å². The summed E-state index contributed by atoms with van der Waals surface area (Å²) < 4.78 is 0. The van der Waals surface area contributed by atoms with Gasteiger partial charge in [0.2, 0.25) is 0 Å². The highest BCUT2D eigenvalue weighted by molar-refractivity contribution is 6.05. The fourth-order valence-electron chi connectivity index (χ4n) is 3.11. The van der Waals surface area contributed by atoms with Gasteiger partial charge in [-0.05, 0) is 37.5 Å². The average molecular weight is 370 g/mol. The zero-order chi connectivity index (χ0) is 19.4. The van der Waals surface area contributed by atoms with Crippen molar-refractivity contribution in [1.29, 1.82) is 0 Å². The molecule has 9 nitrogen and oxygen atoms in total. The molecule has 0 aromatic heterocycles. The lowest BCUT2D eigenvalue weighted by atomic mass is 10.1. The summed E-state index contributed by atoms with van der Waals surface area (Å²) in [5, 5.41) is 24.9. The van der Waals surface area contributed by atoms with Gasteiger partial charge in [-0.25, -0.2) is 0 Å². The van der Waals surface area contributed by atoms with Crippen LogP contribution in [0.2, 0.25) is 0 Å². The van der Waals surface area contributed by atoms with Crippen molar-refractivity contribution >= 4 is 28.7 Å². The molecule has 1 N–H and O–H groups in total. The summed E-state index contributed by atoms with van der Waals surface area (Å²) in [7, 11) is 0. The van der Waals surface area contributed by atoms with Crippen molar-refractivity contribution in [1.82, 2.24) is 0 Å². The first-order valence-electron chi connectivity index (χ1n) is 8.55. The molecular weight excluding hydrogens is 352 g/mol. The van der Waals surface area contributed by atoms with E-state index in [0.717, 1.165) is 32.4 Å². The van der Waals surface area contributed by atoms with Crippen LogP contribution in [0.25, 0.3) is 0 Å². The summed E-state index contributed by atoms with van der Waals surface area (Å²) in [4.78, 5) is 35.7. The third-order valence-corrected chi connectivity index (χ3v) is 4.45. The first kappa shape index (κ1) is 18.3. The molecule has 0 unspecified atom stereocenters. The topological polar surface area (TPSA) is 119 Å². The maximum absolute atomic E-state index is 12.4. The Balaban J connectivity index is 1.84. The van der Waals surface area contributed by atoms with Gasteiger partial charge < -0.3 is 10.2 Å². The predicted octanol–water partition coefficient (Wildman–Crippen LogP) is 3.75. The van der Waals surface area contributed by atoms with E-state index in [0.29, 0.717) is 5.69 Å². The fourth-order valence-corrected chi connectivity index (χ4v) is 3.11. The van der Waals surface area contributed by atoms with Crippen LogP contribution in [0, 0.1) is 20.2 Å². The van der Waals surface area contributed by atoms with Crippen molar-refractivity contribution in [2.24, 2.45) is 0 Å². The van der Waals surface area contributed by atoms with E-state index in [2.05, 4.69) is 5.32 Å². The standard InChI is InChI=1S/C18H18N4O5/c23-18(19-14-5-4-6-15(12-14)21(24)25)13-7-8-16(17(11-13)22(26)27)20-9-2-1-3-10-20/h4-8,11-12H,1-3,9-10H2,(H,19,23). The van der Waals surface area contributed by atoms with E-state index in [1.165, 1.54) is 36.4 Å². The highest BCUT2D eigenvalue weighted by Gasteiger charge is 2.23. The average Bonchev–Trinajstić information content (AvgIpc) is 2.68. The van der Waals surface area contributed by atoms with Crippen LogP contribution < -0.4 is 10.2 Å². The van der Waals surface area contributed by atoms with Crippen molar-refractivity contribution in [3.63, 3.8) is 0 Å². The van der Waals surface area contributed by atoms with Crippen LogP contribution in [0.15, 0.2) is 42.5 Å². The fraction of sp³-hybridized carbons (Fsp3) is 0.278. The first-order valence-corrected chi connectivity index (χ1v) is 8.55. The van der Waals surface area contributed by atoms with Crippen LogP contribution in [0.3, 0.4) is 0 Å². The lowest BCUT2D eigenvalue weighted by Gasteiger charge is -2.28. The Morgan fingerprint density at radius 2 is 1.70 bits per heavy atom. The quantitative estimate of drug-likeness (QED) is 0.632. The minimum atomic E-state index is -0.566. The third-order valence-electron chi connectivity index (χ3n) is 4.45. The number of carbonyl (C=O) groups excluding carboxylic acids is 1. The van der Waals surface area contributed by atoms with Gasteiger partial charge in [0.25, 0.3) is 17.3 Å². The smallest absolute Gasteiger partial charge is 0.293 e. The lowest BCUT2D eigenvalue weighted by Crippen LogP contribution is -2.30. The van der Waals surface area contributed by atoms with E-state index in [9.17, 15) is 25.0 Å². The van der Waals surface area contributed by atoms with Crippen LogP contribution in [0.1, 0.15) is 29.6 Å². The van der Waals surface area contributed by atoms with Crippen molar-refractivity contribution in [3.05, 3.63) is 68.3 Å². The maximum atomic E-state index is 12.4. The zero-order valence-corrected chi connectivity index (χ0v) is 14.5. The molecular formula is C18H18N4O5. The number of nitro benzene ring substituents is 2. The van der Waals surface area contributed by atoms with E-state index >= 15 is 0 Å². The van der Waals surface area contributed by atoms with Gasteiger partial charge in [-0.1, -0.05) is 6.07 Å². The molecule has 1 saturated heterocycles. The Kier molecular flexibility index (Phi) is 5.30.